The molecule has 0 saturated carbocycles. The Kier molecular flexibility index (Phi) is 5.05. The first-order chi connectivity index (χ1) is 12.9. The predicted molar refractivity (Wildman–Crippen MR) is 105 cm³/mol. The highest BCUT2D eigenvalue weighted by Gasteiger charge is 2.15. The number of benzene rings is 1. The Morgan fingerprint density at radius 1 is 0.923 bits per heavy atom. The molecule has 26 heavy (non-hydrogen) atoms. The molecule has 1 N–H and O–H groups in total. The molecule has 1 fully saturated rings. The van der Waals surface area contributed by atoms with E-state index in [0.29, 0.717) is 12.5 Å². The zero-order chi connectivity index (χ0) is 17.6. The number of hydrogen-bond donors (Lipinski definition) is 1. The molecule has 4 rings (SSSR count). The van der Waals surface area contributed by atoms with Gasteiger partial charge >= 0.3 is 0 Å². The number of aromatic nitrogens is 3. The van der Waals surface area contributed by atoms with Crippen LogP contribution in [0.2, 0.25) is 0 Å². The molecule has 0 unspecified atom stereocenters. The van der Waals surface area contributed by atoms with Crippen LogP contribution in [0, 0.1) is 0 Å². The Morgan fingerprint density at radius 2 is 1.77 bits per heavy atom. The Labute approximate surface area is 154 Å². The lowest BCUT2D eigenvalue weighted by atomic mass is 10.1. The van der Waals surface area contributed by atoms with Gasteiger partial charge in [0.05, 0.1) is 5.69 Å². The molecule has 0 atom stereocenters. The van der Waals surface area contributed by atoms with Gasteiger partial charge in [0.1, 0.15) is 5.82 Å². The molecule has 3 heterocycles. The average Bonchev–Trinajstić information content (AvgIpc) is 2.74. The van der Waals surface area contributed by atoms with E-state index in [9.17, 15) is 0 Å². The summed E-state index contributed by atoms with van der Waals surface area (Å²) in [6.45, 7) is 2.78. The second-order valence-corrected chi connectivity index (χ2v) is 6.56. The topological polar surface area (TPSA) is 53.9 Å². The lowest BCUT2D eigenvalue weighted by molar-refractivity contribution is 0.573. The van der Waals surface area contributed by atoms with Crippen LogP contribution in [0.1, 0.15) is 24.8 Å². The molecule has 2 aromatic heterocycles. The summed E-state index contributed by atoms with van der Waals surface area (Å²) in [6.07, 6.45) is 7.40. The molecule has 132 valence electrons. The van der Waals surface area contributed by atoms with Crippen molar-refractivity contribution >= 4 is 11.8 Å². The number of pyridine rings is 1. The van der Waals surface area contributed by atoms with Gasteiger partial charge in [-0.25, -0.2) is 4.98 Å². The van der Waals surface area contributed by atoms with Crippen LogP contribution in [0.15, 0.2) is 60.9 Å². The second kappa shape index (κ2) is 7.95. The summed E-state index contributed by atoms with van der Waals surface area (Å²) in [5.41, 5.74) is 3.17. The number of piperidine rings is 1. The first-order valence-electron chi connectivity index (χ1n) is 9.21. The van der Waals surface area contributed by atoms with E-state index in [0.717, 1.165) is 35.7 Å². The molecule has 3 aromatic rings. The smallest absolute Gasteiger partial charge is 0.225 e. The van der Waals surface area contributed by atoms with Crippen LogP contribution in [0.25, 0.3) is 11.3 Å². The van der Waals surface area contributed by atoms with Gasteiger partial charge in [0.15, 0.2) is 0 Å². The number of anilines is 2. The van der Waals surface area contributed by atoms with E-state index < -0.39 is 0 Å². The van der Waals surface area contributed by atoms with Gasteiger partial charge in [-0.15, -0.1) is 0 Å². The quantitative estimate of drug-likeness (QED) is 0.753. The van der Waals surface area contributed by atoms with Crippen molar-refractivity contribution in [1.82, 2.24) is 15.0 Å². The molecule has 0 aliphatic carbocycles. The van der Waals surface area contributed by atoms with Crippen LogP contribution >= 0.6 is 0 Å². The zero-order valence-corrected chi connectivity index (χ0v) is 14.8. The molecule has 0 radical (unpaired) electrons. The van der Waals surface area contributed by atoms with E-state index in [1.165, 1.54) is 19.3 Å². The Hall–Kier alpha value is -2.95. The highest BCUT2D eigenvalue weighted by atomic mass is 15.2. The lowest BCUT2D eigenvalue weighted by Gasteiger charge is -2.28. The van der Waals surface area contributed by atoms with E-state index in [2.05, 4.69) is 33.4 Å². The highest BCUT2D eigenvalue weighted by Crippen LogP contribution is 2.25. The van der Waals surface area contributed by atoms with Crippen molar-refractivity contribution in [1.29, 1.82) is 0 Å². The monoisotopic (exact) mass is 345 g/mol. The number of nitrogens with one attached hydrogen (secondary N) is 1. The van der Waals surface area contributed by atoms with Crippen LogP contribution in [0.5, 0.6) is 0 Å². The molecule has 1 aromatic carbocycles. The van der Waals surface area contributed by atoms with Crippen LogP contribution in [-0.2, 0) is 6.54 Å². The van der Waals surface area contributed by atoms with Crippen LogP contribution in [0.3, 0.4) is 0 Å². The first-order valence-corrected chi connectivity index (χ1v) is 9.21. The van der Waals surface area contributed by atoms with Gasteiger partial charge in [0, 0.05) is 43.7 Å². The zero-order valence-electron chi connectivity index (χ0n) is 14.8. The summed E-state index contributed by atoms with van der Waals surface area (Å²) in [7, 11) is 0. The summed E-state index contributed by atoms with van der Waals surface area (Å²) >= 11 is 0. The number of hydrogen-bond acceptors (Lipinski definition) is 5. The van der Waals surface area contributed by atoms with Crippen molar-refractivity contribution < 1.29 is 0 Å². The maximum absolute atomic E-state index is 4.78. The van der Waals surface area contributed by atoms with Crippen LogP contribution in [0.4, 0.5) is 11.8 Å². The van der Waals surface area contributed by atoms with Crippen molar-refractivity contribution in [3.63, 3.8) is 0 Å². The Balaban J connectivity index is 1.63. The van der Waals surface area contributed by atoms with Gasteiger partial charge < -0.3 is 10.2 Å². The van der Waals surface area contributed by atoms with E-state index in [1.54, 1.807) is 6.20 Å². The minimum atomic E-state index is 0.658. The van der Waals surface area contributed by atoms with Gasteiger partial charge in [0.25, 0.3) is 0 Å². The maximum Gasteiger partial charge on any atom is 0.225 e. The number of rotatable bonds is 5. The fourth-order valence-corrected chi connectivity index (χ4v) is 3.24. The van der Waals surface area contributed by atoms with Crippen LogP contribution < -0.4 is 10.2 Å². The molecule has 0 spiro atoms. The minimum Gasteiger partial charge on any atom is -0.356 e. The minimum absolute atomic E-state index is 0.658. The molecular formula is C21H23N5. The van der Waals surface area contributed by atoms with E-state index in [-0.39, 0.29) is 0 Å². The second-order valence-electron chi connectivity index (χ2n) is 6.56. The Morgan fingerprint density at radius 3 is 2.54 bits per heavy atom. The molecule has 1 aliphatic rings. The number of nitrogens with zero attached hydrogens (tertiary/aromatic N) is 4. The van der Waals surface area contributed by atoms with Crippen molar-refractivity contribution in [3.05, 3.63) is 66.5 Å². The fraction of sp³-hybridized carbons (Fsp3) is 0.286. The molecule has 0 amide bonds. The highest BCUT2D eigenvalue weighted by molar-refractivity contribution is 5.64. The van der Waals surface area contributed by atoms with E-state index in [1.807, 2.05) is 36.5 Å². The molecule has 5 nitrogen and oxygen atoms in total. The Bertz CT molecular complexity index is 830. The predicted octanol–water partition coefficient (Wildman–Crippen LogP) is 4.14. The molecular weight excluding hydrogens is 322 g/mol. The van der Waals surface area contributed by atoms with Crippen molar-refractivity contribution in [2.45, 2.75) is 25.8 Å². The largest absolute Gasteiger partial charge is 0.356 e. The average molecular weight is 345 g/mol. The van der Waals surface area contributed by atoms with Gasteiger partial charge in [-0.2, -0.15) is 4.98 Å². The third-order valence-corrected chi connectivity index (χ3v) is 4.64. The van der Waals surface area contributed by atoms with E-state index in [4.69, 9.17) is 9.97 Å². The maximum atomic E-state index is 4.78. The van der Waals surface area contributed by atoms with Crippen molar-refractivity contribution in [2.24, 2.45) is 0 Å². The molecule has 5 heteroatoms. The molecule has 1 saturated heterocycles. The fourth-order valence-electron chi connectivity index (χ4n) is 3.24. The van der Waals surface area contributed by atoms with E-state index >= 15 is 0 Å². The molecule has 0 bridgehead atoms. The summed E-state index contributed by atoms with van der Waals surface area (Å²) < 4.78 is 0. The van der Waals surface area contributed by atoms with Crippen molar-refractivity contribution in [3.8, 4) is 11.3 Å². The van der Waals surface area contributed by atoms with Gasteiger partial charge in [-0.05, 0) is 30.9 Å². The third kappa shape index (κ3) is 3.99. The SMILES string of the molecule is c1ccc(-c2cc(N3CCCCC3)nc(NCc3cccnc3)n2)cc1. The van der Waals surface area contributed by atoms with Crippen LogP contribution in [-0.4, -0.2) is 28.0 Å². The first kappa shape index (κ1) is 16.5. The summed E-state index contributed by atoms with van der Waals surface area (Å²) in [6, 6.07) is 16.4. The normalized spacial score (nSPS) is 14.2. The summed E-state index contributed by atoms with van der Waals surface area (Å²) in [5, 5.41) is 3.36. The third-order valence-electron chi connectivity index (χ3n) is 4.64. The summed E-state index contributed by atoms with van der Waals surface area (Å²) in [4.78, 5) is 16.1. The summed E-state index contributed by atoms with van der Waals surface area (Å²) in [5.74, 6) is 1.67. The van der Waals surface area contributed by atoms with Crippen molar-refractivity contribution in [2.75, 3.05) is 23.3 Å². The molecule has 1 aliphatic heterocycles. The van der Waals surface area contributed by atoms with Gasteiger partial charge in [-0.3, -0.25) is 4.98 Å². The lowest BCUT2D eigenvalue weighted by Crippen LogP contribution is -2.30. The van der Waals surface area contributed by atoms with Gasteiger partial charge in [0.2, 0.25) is 5.95 Å². The standard InChI is InChI=1S/C21H23N5/c1-3-9-18(10-4-1)19-14-20(26-12-5-2-6-13-26)25-21(24-19)23-16-17-8-7-11-22-15-17/h1,3-4,7-11,14-15H,2,5-6,12-13,16H2,(H,23,24,25). The van der Waals surface area contributed by atoms with Gasteiger partial charge in [-0.1, -0.05) is 36.4 Å².